The summed E-state index contributed by atoms with van der Waals surface area (Å²) in [5.74, 6) is 0.599. The van der Waals surface area contributed by atoms with E-state index in [1.807, 2.05) is 25.1 Å². The molecule has 82 valence electrons. The molecule has 0 saturated carbocycles. The Bertz CT molecular complexity index is 544. The van der Waals surface area contributed by atoms with E-state index in [-0.39, 0.29) is 0 Å². The molecule has 1 aromatic carbocycles. The Morgan fingerprint density at radius 3 is 2.62 bits per heavy atom. The van der Waals surface area contributed by atoms with Crippen molar-refractivity contribution in [3.63, 3.8) is 0 Å². The summed E-state index contributed by atoms with van der Waals surface area (Å²) in [6.45, 7) is 1.96. The average Bonchev–Trinajstić information content (AvgIpc) is 2.22. The first-order chi connectivity index (χ1) is 7.58. The molecule has 16 heavy (non-hydrogen) atoms. The maximum absolute atomic E-state index is 5.92. The van der Waals surface area contributed by atoms with E-state index >= 15 is 0 Å². The van der Waals surface area contributed by atoms with Crippen molar-refractivity contribution in [2.45, 2.75) is 6.92 Å². The van der Waals surface area contributed by atoms with Crippen LogP contribution in [0.2, 0.25) is 10.2 Å². The van der Waals surface area contributed by atoms with Gasteiger partial charge in [-0.2, -0.15) is 0 Å². The highest BCUT2D eigenvalue weighted by atomic mass is 79.9. The van der Waals surface area contributed by atoms with Crippen LogP contribution in [0.15, 0.2) is 28.9 Å². The monoisotopic (exact) mass is 316 g/mol. The number of hydrogen-bond acceptors (Lipinski definition) is 2. The van der Waals surface area contributed by atoms with Crippen molar-refractivity contribution in [3.8, 4) is 11.4 Å². The first-order valence-electron chi connectivity index (χ1n) is 4.52. The van der Waals surface area contributed by atoms with Crippen LogP contribution in [0, 0.1) is 6.92 Å². The van der Waals surface area contributed by atoms with Gasteiger partial charge in [0.15, 0.2) is 5.82 Å². The number of halogens is 3. The van der Waals surface area contributed by atoms with Crippen molar-refractivity contribution in [3.05, 3.63) is 44.6 Å². The molecule has 2 nitrogen and oxygen atoms in total. The summed E-state index contributed by atoms with van der Waals surface area (Å²) in [4.78, 5) is 8.41. The van der Waals surface area contributed by atoms with Gasteiger partial charge in [0, 0.05) is 16.8 Å². The molecule has 0 fully saturated rings. The fourth-order valence-corrected chi connectivity index (χ4v) is 1.90. The Labute approximate surface area is 112 Å². The molecule has 1 heterocycles. The lowest BCUT2D eigenvalue weighted by atomic mass is 10.1. The molecule has 0 radical (unpaired) electrons. The Balaban J connectivity index is 2.54. The lowest BCUT2D eigenvalue weighted by molar-refractivity contribution is 1.15. The molecule has 0 amide bonds. The zero-order valence-corrected chi connectivity index (χ0v) is 11.4. The van der Waals surface area contributed by atoms with Crippen LogP contribution in [0.4, 0.5) is 0 Å². The van der Waals surface area contributed by atoms with E-state index in [1.165, 1.54) is 0 Å². The van der Waals surface area contributed by atoms with Gasteiger partial charge >= 0.3 is 0 Å². The zero-order chi connectivity index (χ0) is 11.7. The molecular formula is C11H7BrCl2N2. The minimum absolute atomic E-state index is 0.402. The topological polar surface area (TPSA) is 25.8 Å². The third kappa shape index (κ3) is 2.37. The molecule has 0 bridgehead atoms. The van der Waals surface area contributed by atoms with E-state index in [0.29, 0.717) is 20.5 Å². The maximum atomic E-state index is 5.92. The van der Waals surface area contributed by atoms with Gasteiger partial charge < -0.3 is 0 Å². The van der Waals surface area contributed by atoms with Gasteiger partial charge in [0.1, 0.15) is 5.15 Å². The van der Waals surface area contributed by atoms with Crippen LogP contribution in [0.25, 0.3) is 11.4 Å². The number of aryl methyl sites for hydroxylation is 1. The number of benzene rings is 1. The average molecular weight is 318 g/mol. The van der Waals surface area contributed by atoms with E-state index in [4.69, 9.17) is 23.2 Å². The molecule has 0 N–H and O–H groups in total. The third-order valence-electron chi connectivity index (χ3n) is 2.13. The van der Waals surface area contributed by atoms with Crippen LogP contribution in [-0.2, 0) is 0 Å². The van der Waals surface area contributed by atoms with Crippen LogP contribution in [0.1, 0.15) is 5.56 Å². The minimum Gasteiger partial charge on any atom is -0.235 e. The fourth-order valence-electron chi connectivity index (χ4n) is 1.35. The molecular weight excluding hydrogens is 311 g/mol. The Kier molecular flexibility index (Phi) is 3.47. The molecule has 0 spiro atoms. The molecule has 0 atom stereocenters. The molecule has 0 unspecified atom stereocenters. The van der Waals surface area contributed by atoms with E-state index in [2.05, 4.69) is 25.9 Å². The zero-order valence-electron chi connectivity index (χ0n) is 8.34. The predicted octanol–water partition coefficient (Wildman–Crippen LogP) is 4.52. The van der Waals surface area contributed by atoms with E-state index in [0.717, 1.165) is 11.1 Å². The van der Waals surface area contributed by atoms with Crippen LogP contribution < -0.4 is 0 Å². The molecule has 0 aliphatic rings. The Hall–Kier alpha value is -0.640. The molecule has 0 aliphatic heterocycles. The molecule has 1 aromatic heterocycles. The van der Waals surface area contributed by atoms with Gasteiger partial charge in [0.05, 0.1) is 4.47 Å². The van der Waals surface area contributed by atoms with Crippen molar-refractivity contribution < 1.29 is 0 Å². The van der Waals surface area contributed by atoms with E-state index in [1.54, 1.807) is 6.20 Å². The summed E-state index contributed by atoms with van der Waals surface area (Å²) in [6.07, 6.45) is 1.64. The molecule has 0 aliphatic carbocycles. The summed E-state index contributed by atoms with van der Waals surface area (Å²) >= 11 is 15.1. The second-order valence-electron chi connectivity index (χ2n) is 3.29. The molecule has 2 rings (SSSR count). The number of rotatable bonds is 1. The quantitative estimate of drug-likeness (QED) is 0.723. The number of hydrogen-bond donors (Lipinski definition) is 0. The van der Waals surface area contributed by atoms with Crippen LogP contribution in [0.5, 0.6) is 0 Å². The van der Waals surface area contributed by atoms with Gasteiger partial charge in [0.25, 0.3) is 0 Å². The van der Waals surface area contributed by atoms with Crippen molar-refractivity contribution in [1.82, 2.24) is 9.97 Å². The summed E-state index contributed by atoms with van der Waals surface area (Å²) in [5, 5.41) is 1.10. The summed E-state index contributed by atoms with van der Waals surface area (Å²) in [7, 11) is 0. The third-order valence-corrected chi connectivity index (χ3v) is 3.46. The van der Waals surface area contributed by atoms with Gasteiger partial charge in [-0.25, -0.2) is 9.97 Å². The van der Waals surface area contributed by atoms with Gasteiger partial charge in [0.2, 0.25) is 0 Å². The minimum atomic E-state index is 0.402. The van der Waals surface area contributed by atoms with Crippen molar-refractivity contribution in [1.29, 1.82) is 0 Å². The second-order valence-corrected chi connectivity index (χ2v) is 4.94. The highest BCUT2D eigenvalue weighted by molar-refractivity contribution is 9.10. The maximum Gasteiger partial charge on any atom is 0.161 e. The lowest BCUT2D eigenvalue weighted by Crippen LogP contribution is -1.92. The standard InChI is InChI=1S/C11H7BrCl2N2/c1-6-4-7(13)2-3-8(6)11-15-5-9(12)10(14)16-11/h2-5H,1H3. The van der Waals surface area contributed by atoms with E-state index < -0.39 is 0 Å². The van der Waals surface area contributed by atoms with E-state index in [9.17, 15) is 0 Å². The lowest BCUT2D eigenvalue weighted by Gasteiger charge is -2.05. The molecule has 5 heteroatoms. The predicted molar refractivity (Wildman–Crippen MR) is 69.9 cm³/mol. The highest BCUT2D eigenvalue weighted by Gasteiger charge is 2.07. The molecule has 0 saturated heterocycles. The van der Waals surface area contributed by atoms with Crippen molar-refractivity contribution >= 4 is 39.1 Å². The van der Waals surface area contributed by atoms with Gasteiger partial charge in [-0.05, 0) is 46.6 Å². The van der Waals surface area contributed by atoms with Gasteiger partial charge in [-0.3, -0.25) is 0 Å². The van der Waals surface area contributed by atoms with Gasteiger partial charge in [-0.15, -0.1) is 0 Å². The summed E-state index contributed by atoms with van der Waals surface area (Å²) in [5.41, 5.74) is 1.95. The first-order valence-corrected chi connectivity index (χ1v) is 6.07. The largest absolute Gasteiger partial charge is 0.235 e. The first kappa shape index (κ1) is 11.8. The normalized spacial score (nSPS) is 10.5. The smallest absolute Gasteiger partial charge is 0.161 e. The van der Waals surface area contributed by atoms with Crippen LogP contribution >= 0.6 is 39.1 Å². The summed E-state index contributed by atoms with van der Waals surface area (Å²) in [6, 6.07) is 5.57. The fraction of sp³-hybridized carbons (Fsp3) is 0.0909. The van der Waals surface area contributed by atoms with Crippen LogP contribution in [0.3, 0.4) is 0 Å². The second kappa shape index (κ2) is 4.70. The summed E-state index contributed by atoms with van der Waals surface area (Å²) < 4.78 is 0.685. The Morgan fingerprint density at radius 2 is 2.00 bits per heavy atom. The van der Waals surface area contributed by atoms with Crippen LogP contribution in [-0.4, -0.2) is 9.97 Å². The highest BCUT2D eigenvalue weighted by Crippen LogP contribution is 2.26. The Morgan fingerprint density at radius 1 is 1.25 bits per heavy atom. The van der Waals surface area contributed by atoms with Gasteiger partial charge in [-0.1, -0.05) is 23.2 Å². The number of aromatic nitrogens is 2. The SMILES string of the molecule is Cc1cc(Cl)ccc1-c1ncc(Br)c(Cl)n1. The van der Waals surface area contributed by atoms with Crippen molar-refractivity contribution in [2.75, 3.05) is 0 Å². The number of nitrogens with zero attached hydrogens (tertiary/aromatic N) is 2. The van der Waals surface area contributed by atoms with Crippen molar-refractivity contribution in [2.24, 2.45) is 0 Å². The molecule has 2 aromatic rings.